The van der Waals surface area contributed by atoms with Crippen LogP contribution in [0.5, 0.6) is 0 Å². The maximum absolute atomic E-state index is 6.36. The van der Waals surface area contributed by atoms with E-state index in [2.05, 4.69) is 109 Å². The fourth-order valence-electron chi connectivity index (χ4n) is 5.27. The standard InChI is InChI=1S/C29H21N/c30-23-16-17-25-27(19-23)29(21-10-3-1-4-11-21,22-12-5-2-6-13-22)26-18-15-20-9-7-8-14-24(20)28(25)26/h1-19H,30H2. The molecule has 1 aliphatic carbocycles. The minimum Gasteiger partial charge on any atom is -0.399 e. The molecule has 6 rings (SSSR count). The number of benzene rings is 5. The number of anilines is 1. The van der Waals surface area contributed by atoms with E-state index in [1.165, 1.54) is 44.2 Å². The van der Waals surface area contributed by atoms with Gasteiger partial charge in [-0.15, -0.1) is 0 Å². The molecule has 0 unspecified atom stereocenters. The molecule has 0 radical (unpaired) electrons. The summed E-state index contributed by atoms with van der Waals surface area (Å²) in [5.74, 6) is 0. The Morgan fingerprint density at radius 2 is 1.17 bits per heavy atom. The van der Waals surface area contributed by atoms with E-state index in [0.29, 0.717) is 0 Å². The van der Waals surface area contributed by atoms with Crippen molar-refractivity contribution in [3.63, 3.8) is 0 Å². The molecule has 0 aromatic heterocycles. The van der Waals surface area contributed by atoms with Crippen molar-refractivity contribution in [2.45, 2.75) is 5.41 Å². The second-order valence-electron chi connectivity index (χ2n) is 8.00. The van der Waals surface area contributed by atoms with Gasteiger partial charge in [0, 0.05) is 5.69 Å². The van der Waals surface area contributed by atoms with Crippen molar-refractivity contribution in [1.82, 2.24) is 0 Å². The summed E-state index contributed by atoms with van der Waals surface area (Å²) in [6.07, 6.45) is 0. The molecule has 2 N–H and O–H groups in total. The van der Waals surface area contributed by atoms with Crippen LogP contribution < -0.4 is 5.73 Å². The zero-order valence-corrected chi connectivity index (χ0v) is 16.5. The van der Waals surface area contributed by atoms with Crippen LogP contribution in [0.25, 0.3) is 21.9 Å². The molecule has 1 heteroatoms. The Hall–Kier alpha value is -3.84. The highest BCUT2D eigenvalue weighted by molar-refractivity contribution is 6.04. The van der Waals surface area contributed by atoms with Gasteiger partial charge in [-0.25, -0.2) is 0 Å². The Morgan fingerprint density at radius 3 is 1.87 bits per heavy atom. The summed E-state index contributed by atoms with van der Waals surface area (Å²) in [5, 5.41) is 2.55. The predicted octanol–water partition coefficient (Wildman–Crippen LogP) is 6.79. The fraction of sp³-hybridized carbons (Fsp3) is 0.0345. The van der Waals surface area contributed by atoms with E-state index in [-0.39, 0.29) is 0 Å². The Kier molecular flexibility index (Phi) is 3.60. The molecule has 0 spiro atoms. The number of nitrogens with two attached hydrogens (primary N) is 1. The first-order valence-corrected chi connectivity index (χ1v) is 10.3. The second kappa shape index (κ2) is 6.33. The monoisotopic (exact) mass is 383 g/mol. The van der Waals surface area contributed by atoms with Crippen LogP contribution in [0.15, 0.2) is 115 Å². The van der Waals surface area contributed by atoms with Gasteiger partial charge in [-0.05, 0) is 56.3 Å². The van der Waals surface area contributed by atoms with Crippen molar-refractivity contribution < 1.29 is 0 Å². The van der Waals surface area contributed by atoms with Crippen molar-refractivity contribution >= 4 is 16.5 Å². The highest BCUT2D eigenvalue weighted by Gasteiger charge is 2.46. The Bertz CT molecular complexity index is 1350. The van der Waals surface area contributed by atoms with E-state index >= 15 is 0 Å². The lowest BCUT2D eigenvalue weighted by Crippen LogP contribution is -2.28. The number of fused-ring (bicyclic) bond motifs is 5. The molecular formula is C29H21N. The molecule has 1 nitrogen and oxygen atoms in total. The van der Waals surface area contributed by atoms with E-state index in [9.17, 15) is 0 Å². The van der Waals surface area contributed by atoms with Gasteiger partial charge in [0.1, 0.15) is 0 Å². The summed E-state index contributed by atoms with van der Waals surface area (Å²) in [5.41, 5.74) is 14.4. The van der Waals surface area contributed by atoms with Crippen molar-refractivity contribution in [1.29, 1.82) is 0 Å². The first kappa shape index (κ1) is 17.1. The van der Waals surface area contributed by atoms with Crippen molar-refractivity contribution in [3.05, 3.63) is 138 Å². The second-order valence-corrected chi connectivity index (χ2v) is 8.00. The van der Waals surface area contributed by atoms with Crippen LogP contribution in [0.3, 0.4) is 0 Å². The molecule has 0 saturated heterocycles. The first-order chi connectivity index (χ1) is 14.8. The largest absolute Gasteiger partial charge is 0.399 e. The number of rotatable bonds is 2. The van der Waals surface area contributed by atoms with Crippen molar-refractivity contribution in [2.75, 3.05) is 5.73 Å². The Morgan fingerprint density at radius 1 is 0.533 bits per heavy atom. The van der Waals surface area contributed by atoms with Gasteiger partial charge in [0.05, 0.1) is 5.41 Å². The highest BCUT2D eigenvalue weighted by Crippen LogP contribution is 2.57. The summed E-state index contributed by atoms with van der Waals surface area (Å²) >= 11 is 0. The molecular weight excluding hydrogens is 362 g/mol. The average molecular weight is 383 g/mol. The van der Waals surface area contributed by atoms with E-state index in [1.807, 2.05) is 6.07 Å². The van der Waals surface area contributed by atoms with Crippen LogP contribution in [0.1, 0.15) is 22.3 Å². The normalized spacial score (nSPS) is 13.7. The minimum atomic E-state index is -0.396. The third-order valence-corrected chi connectivity index (χ3v) is 6.46. The van der Waals surface area contributed by atoms with Crippen LogP contribution >= 0.6 is 0 Å². The molecule has 0 heterocycles. The number of nitrogen functional groups attached to an aromatic ring is 1. The smallest absolute Gasteiger partial charge is 0.0714 e. The van der Waals surface area contributed by atoms with E-state index < -0.39 is 5.41 Å². The molecule has 30 heavy (non-hydrogen) atoms. The zero-order chi connectivity index (χ0) is 20.1. The average Bonchev–Trinajstić information content (AvgIpc) is 3.11. The van der Waals surface area contributed by atoms with Gasteiger partial charge in [-0.3, -0.25) is 0 Å². The molecule has 5 aromatic rings. The van der Waals surface area contributed by atoms with Crippen LogP contribution in [0.2, 0.25) is 0 Å². The molecule has 5 aromatic carbocycles. The van der Waals surface area contributed by atoms with Crippen LogP contribution in [-0.4, -0.2) is 0 Å². The number of hydrogen-bond acceptors (Lipinski definition) is 1. The fourth-order valence-corrected chi connectivity index (χ4v) is 5.27. The molecule has 1 aliphatic rings. The van der Waals surface area contributed by atoms with Crippen LogP contribution in [0.4, 0.5) is 5.69 Å². The SMILES string of the molecule is Nc1ccc2c(c1)C(c1ccccc1)(c1ccccc1)c1ccc3ccccc3c1-2. The van der Waals surface area contributed by atoms with Gasteiger partial charge in [0.2, 0.25) is 0 Å². The maximum atomic E-state index is 6.36. The zero-order valence-electron chi connectivity index (χ0n) is 16.5. The van der Waals surface area contributed by atoms with Crippen molar-refractivity contribution in [2.24, 2.45) is 0 Å². The van der Waals surface area contributed by atoms with Gasteiger partial charge in [-0.1, -0.05) is 103 Å². The van der Waals surface area contributed by atoms with E-state index in [1.54, 1.807) is 0 Å². The van der Waals surface area contributed by atoms with Gasteiger partial charge < -0.3 is 5.73 Å². The molecule has 0 bridgehead atoms. The van der Waals surface area contributed by atoms with Gasteiger partial charge in [-0.2, -0.15) is 0 Å². The summed E-state index contributed by atoms with van der Waals surface area (Å²) in [6.45, 7) is 0. The third-order valence-electron chi connectivity index (χ3n) is 6.46. The highest BCUT2D eigenvalue weighted by atomic mass is 14.6. The van der Waals surface area contributed by atoms with Crippen molar-refractivity contribution in [3.8, 4) is 11.1 Å². The Labute approximate surface area is 176 Å². The molecule has 0 fully saturated rings. The quantitative estimate of drug-likeness (QED) is 0.328. The Balaban J connectivity index is 1.86. The summed E-state index contributed by atoms with van der Waals surface area (Å²) in [6, 6.07) is 41.3. The van der Waals surface area contributed by atoms with Gasteiger partial charge in [0.15, 0.2) is 0 Å². The molecule has 0 aliphatic heterocycles. The van der Waals surface area contributed by atoms with Gasteiger partial charge >= 0.3 is 0 Å². The molecule has 142 valence electrons. The summed E-state index contributed by atoms with van der Waals surface area (Å²) < 4.78 is 0. The van der Waals surface area contributed by atoms with E-state index in [4.69, 9.17) is 5.73 Å². The maximum Gasteiger partial charge on any atom is 0.0714 e. The van der Waals surface area contributed by atoms with Crippen LogP contribution in [-0.2, 0) is 5.41 Å². The van der Waals surface area contributed by atoms with E-state index in [0.717, 1.165) is 5.69 Å². The topological polar surface area (TPSA) is 26.0 Å². The third kappa shape index (κ3) is 2.18. The lowest BCUT2D eigenvalue weighted by Gasteiger charge is -2.34. The minimum absolute atomic E-state index is 0.396. The summed E-state index contributed by atoms with van der Waals surface area (Å²) in [7, 11) is 0. The number of hydrogen-bond donors (Lipinski definition) is 1. The molecule has 0 atom stereocenters. The summed E-state index contributed by atoms with van der Waals surface area (Å²) in [4.78, 5) is 0. The van der Waals surface area contributed by atoms with Gasteiger partial charge in [0.25, 0.3) is 0 Å². The first-order valence-electron chi connectivity index (χ1n) is 10.3. The molecule has 0 saturated carbocycles. The lowest BCUT2D eigenvalue weighted by molar-refractivity contribution is 0.769. The van der Waals surface area contributed by atoms with Crippen LogP contribution in [0, 0.1) is 0 Å². The predicted molar refractivity (Wildman–Crippen MR) is 126 cm³/mol. The molecule has 0 amide bonds. The lowest BCUT2D eigenvalue weighted by atomic mass is 9.67.